The van der Waals surface area contributed by atoms with Crippen molar-refractivity contribution in [3.63, 3.8) is 0 Å². The van der Waals surface area contributed by atoms with E-state index >= 15 is 0 Å². The number of nitrogens with zero attached hydrogens (tertiary/aromatic N) is 2. The van der Waals surface area contributed by atoms with E-state index in [-0.39, 0.29) is 29.7 Å². The fraction of sp³-hybridized carbons (Fsp3) is 0.567. The molecule has 14 heteroatoms. The van der Waals surface area contributed by atoms with Crippen LogP contribution in [0.2, 0.25) is 0 Å². The number of nitrogens with one attached hydrogen (secondary N) is 2. The van der Waals surface area contributed by atoms with Crippen LogP contribution in [-0.4, -0.2) is 88.5 Å². The van der Waals surface area contributed by atoms with Crippen LogP contribution in [0, 0.1) is 0 Å². The first-order valence-electron chi connectivity index (χ1n) is 14.5. The Balaban J connectivity index is 1.53. The Morgan fingerprint density at radius 1 is 0.864 bits per heavy atom. The second-order valence-electron chi connectivity index (χ2n) is 12.4. The second-order valence-corrected chi connectivity index (χ2v) is 12.4. The van der Waals surface area contributed by atoms with Crippen LogP contribution < -0.4 is 15.4 Å². The maximum Gasteiger partial charge on any atom is 0.424 e. The van der Waals surface area contributed by atoms with E-state index in [0.29, 0.717) is 30.8 Å². The van der Waals surface area contributed by atoms with Gasteiger partial charge in [0.1, 0.15) is 23.0 Å². The van der Waals surface area contributed by atoms with Crippen molar-refractivity contribution < 1.29 is 47.8 Å². The Hall–Kier alpha value is -4.49. The number of rotatable bonds is 10. The molecule has 2 heterocycles. The largest absolute Gasteiger partial charge is 0.483 e. The van der Waals surface area contributed by atoms with Gasteiger partial charge in [0.05, 0.1) is 11.1 Å². The fourth-order valence-electron chi connectivity index (χ4n) is 4.54. The highest BCUT2D eigenvalue weighted by molar-refractivity contribution is 6.25. The zero-order chi connectivity index (χ0) is 32.8. The van der Waals surface area contributed by atoms with Crippen LogP contribution in [0.5, 0.6) is 5.75 Å². The zero-order valence-electron chi connectivity index (χ0n) is 25.9. The van der Waals surface area contributed by atoms with Gasteiger partial charge in [0.2, 0.25) is 5.91 Å². The number of amides is 7. The molecule has 0 aromatic heterocycles. The predicted octanol–water partition coefficient (Wildman–Crippen LogP) is 2.93. The summed E-state index contributed by atoms with van der Waals surface area (Å²) >= 11 is 0. The summed E-state index contributed by atoms with van der Waals surface area (Å²) in [6.45, 7) is 10.4. The van der Waals surface area contributed by atoms with Gasteiger partial charge in [0.15, 0.2) is 6.61 Å². The molecule has 1 saturated heterocycles. The summed E-state index contributed by atoms with van der Waals surface area (Å²) in [6, 6.07) is 2.90. The van der Waals surface area contributed by atoms with Crippen LogP contribution in [0.3, 0.4) is 0 Å². The Bertz CT molecular complexity index is 1330. The summed E-state index contributed by atoms with van der Waals surface area (Å²) < 4.78 is 15.9. The average Bonchev–Trinajstić information content (AvgIpc) is 3.15. The minimum atomic E-state index is -1.40. The highest BCUT2D eigenvalue weighted by atomic mass is 16.6. The number of piperidine rings is 1. The first kappa shape index (κ1) is 34.0. The topological polar surface area (TPSA) is 178 Å². The summed E-state index contributed by atoms with van der Waals surface area (Å²) in [4.78, 5) is 89.9. The van der Waals surface area contributed by atoms with Crippen molar-refractivity contribution in [2.24, 2.45) is 0 Å². The Labute approximate surface area is 255 Å². The molecule has 1 fully saturated rings. The number of carbonyl (C=O) groups is 7. The monoisotopic (exact) mass is 616 g/mol. The highest BCUT2D eigenvalue weighted by Gasteiger charge is 2.50. The van der Waals surface area contributed by atoms with Crippen LogP contribution in [0.4, 0.5) is 9.59 Å². The summed E-state index contributed by atoms with van der Waals surface area (Å²) in [5, 5.41) is 5.38. The molecule has 2 aliphatic rings. The molecule has 0 radical (unpaired) electrons. The molecule has 1 atom stereocenters. The van der Waals surface area contributed by atoms with Gasteiger partial charge in [-0.05, 0) is 79.4 Å². The number of fused-ring (bicyclic) bond motifs is 1. The lowest BCUT2D eigenvalue weighted by Gasteiger charge is -2.34. The van der Waals surface area contributed by atoms with Gasteiger partial charge < -0.3 is 24.8 Å². The van der Waals surface area contributed by atoms with E-state index in [9.17, 15) is 33.6 Å². The maximum absolute atomic E-state index is 13.4. The molecule has 2 N–H and O–H groups in total. The average molecular weight is 617 g/mol. The number of ether oxygens (including phenoxy) is 3. The van der Waals surface area contributed by atoms with E-state index in [1.807, 2.05) is 0 Å². The molecule has 44 heavy (non-hydrogen) atoms. The Morgan fingerprint density at radius 2 is 1.50 bits per heavy atom. The molecular formula is C30H40N4O10. The number of carbonyl (C=O) groups excluding carboxylic acids is 7. The molecule has 0 bridgehead atoms. The standard InChI is InChI=1S/C30H40N4O10/c1-29(2,3)43-27(40)32-16-9-7-8-15-31-21(35)17-42-20-12-10-11-18-23(20)26(39)33(24(18)37)19-13-14-22(36)34(25(19)38)28(41)44-30(4,5)6/h10-12,19H,7-9,13-17H2,1-6H3,(H,31,35)(H,32,40). The number of alkyl carbamates (subject to hydrolysis) is 1. The normalized spacial score (nSPS) is 16.9. The van der Waals surface area contributed by atoms with Crippen molar-refractivity contribution in [3.05, 3.63) is 29.3 Å². The molecule has 1 aromatic rings. The van der Waals surface area contributed by atoms with Gasteiger partial charge >= 0.3 is 12.2 Å². The lowest BCUT2D eigenvalue weighted by molar-refractivity contribution is -0.150. The smallest absolute Gasteiger partial charge is 0.424 e. The lowest BCUT2D eigenvalue weighted by Crippen LogP contribution is -2.58. The quantitative estimate of drug-likeness (QED) is 0.293. The molecule has 1 aromatic carbocycles. The minimum Gasteiger partial charge on any atom is -0.483 e. The van der Waals surface area contributed by atoms with Crippen molar-refractivity contribution in [1.29, 1.82) is 0 Å². The van der Waals surface area contributed by atoms with Crippen LogP contribution in [0.25, 0.3) is 0 Å². The van der Waals surface area contributed by atoms with Gasteiger partial charge in [0.25, 0.3) is 23.6 Å². The van der Waals surface area contributed by atoms with E-state index < -0.39 is 65.6 Å². The maximum atomic E-state index is 13.4. The van der Waals surface area contributed by atoms with E-state index in [1.165, 1.54) is 18.2 Å². The molecule has 1 unspecified atom stereocenters. The van der Waals surface area contributed by atoms with Crippen LogP contribution in [0.15, 0.2) is 18.2 Å². The highest BCUT2D eigenvalue weighted by Crippen LogP contribution is 2.34. The van der Waals surface area contributed by atoms with E-state index in [2.05, 4.69) is 10.6 Å². The number of unbranched alkanes of at least 4 members (excludes halogenated alkanes) is 2. The molecule has 0 saturated carbocycles. The van der Waals surface area contributed by atoms with Gasteiger partial charge in [-0.25, -0.2) is 9.59 Å². The van der Waals surface area contributed by atoms with Crippen LogP contribution in [-0.2, 0) is 23.9 Å². The van der Waals surface area contributed by atoms with Crippen molar-refractivity contribution in [2.45, 2.75) is 90.9 Å². The van der Waals surface area contributed by atoms with E-state index in [4.69, 9.17) is 14.2 Å². The molecule has 2 aliphatic heterocycles. The van der Waals surface area contributed by atoms with Crippen molar-refractivity contribution >= 4 is 41.7 Å². The van der Waals surface area contributed by atoms with Crippen molar-refractivity contribution in [2.75, 3.05) is 19.7 Å². The lowest BCUT2D eigenvalue weighted by atomic mass is 10.0. The summed E-state index contributed by atoms with van der Waals surface area (Å²) in [7, 11) is 0. The van der Waals surface area contributed by atoms with Gasteiger partial charge in [-0.2, -0.15) is 4.90 Å². The molecule has 240 valence electrons. The van der Waals surface area contributed by atoms with Gasteiger partial charge in [-0.15, -0.1) is 0 Å². The van der Waals surface area contributed by atoms with Crippen LogP contribution >= 0.6 is 0 Å². The zero-order valence-corrected chi connectivity index (χ0v) is 25.9. The SMILES string of the molecule is CC(C)(C)OC(=O)NCCCCCNC(=O)COc1cccc2c1C(=O)N(C1CCC(=O)N(C(=O)OC(C)(C)C)C1=O)C2=O. The number of imide groups is 4. The van der Waals surface area contributed by atoms with E-state index in [0.717, 1.165) is 11.3 Å². The van der Waals surface area contributed by atoms with Crippen molar-refractivity contribution in [1.82, 2.24) is 20.4 Å². The number of likely N-dealkylation sites (tertiary alicyclic amines) is 1. The first-order chi connectivity index (χ1) is 20.5. The van der Waals surface area contributed by atoms with Gasteiger partial charge in [-0.1, -0.05) is 6.07 Å². The Morgan fingerprint density at radius 3 is 2.14 bits per heavy atom. The van der Waals surface area contributed by atoms with Gasteiger partial charge in [-0.3, -0.25) is 28.9 Å². The second kappa shape index (κ2) is 13.9. The van der Waals surface area contributed by atoms with Crippen molar-refractivity contribution in [3.8, 4) is 5.75 Å². The predicted molar refractivity (Wildman–Crippen MR) is 155 cm³/mol. The molecule has 7 amide bonds. The van der Waals surface area contributed by atoms with E-state index in [1.54, 1.807) is 41.5 Å². The summed E-state index contributed by atoms with van der Waals surface area (Å²) in [5.74, 6) is -3.90. The summed E-state index contributed by atoms with van der Waals surface area (Å²) in [5.41, 5.74) is -1.70. The fourth-order valence-corrected chi connectivity index (χ4v) is 4.54. The Kier molecular flexibility index (Phi) is 10.7. The molecular weight excluding hydrogens is 576 g/mol. The number of hydrogen-bond donors (Lipinski definition) is 2. The third-order valence-electron chi connectivity index (χ3n) is 6.39. The third-order valence-corrected chi connectivity index (χ3v) is 6.39. The third kappa shape index (κ3) is 8.77. The van der Waals surface area contributed by atoms with Crippen LogP contribution in [0.1, 0.15) is 94.4 Å². The molecule has 0 spiro atoms. The molecule has 0 aliphatic carbocycles. The number of benzene rings is 1. The molecule has 14 nitrogen and oxygen atoms in total. The first-order valence-corrected chi connectivity index (χ1v) is 14.5. The minimum absolute atomic E-state index is 0.0185. The van der Waals surface area contributed by atoms with Gasteiger partial charge in [0, 0.05) is 19.5 Å². The number of hydrogen-bond acceptors (Lipinski definition) is 10. The molecule has 3 rings (SSSR count). The summed E-state index contributed by atoms with van der Waals surface area (Å²) in [6.07, 6.45) is 0.0184.